The molecule has 6 nitrogen and oxygen atoms in total. The summed E-state index contributed by atoms with van der Waals surface area (Å²) in [6, 6.07) is 16.7. The van der Waals surface area contributed by atoms with E-state index in [1.165, 1.54) is 23.8 Å². The Morgan fingerprint density at radius 3 is 2.19 bits per heavy atom. The van der Waals surface area contributed by atoms with Crippen LogP contribution in [-0.2, 0) is 29.2 Å². The highest BCUT2D eigenvalue weighted by molar-refractivity contribution is 7.92. The second-order valence-electron chi connectivity index (χ2n) is 8.23. The summed E-state index contributed by atoms with van der Waals surface area (Å²) in [6.45, 7) is 2.38. The van der Waals surface area contributed by atoms with E-state index in [0.29, 0.717) is 22.9 Å². The molecule has 0 heterocycles. The number of nitrogens with zero attached hydrogens (tertiary/aromatic N) is 1. The first-order valence-corrected chi connectivity index (χ1v) is 13.5. The first-order chi connectivity index (χ1) is 17.4. The van der Waals surface area contributed by atoms with Crippen molar-refractivity contribution >= 4 is 33.2 Å². The maximum atomic E-state index is 13.3. The van der Waals surface area contributed by atoms with Crippen LogP contribution in [0.1, 0.15) is 34.0 Å². The van der Waals surface area contributed by atoms with E-state index in [1.807, 2.05) is 24.3 Å². The van der Waals surface area contributed by atoms with Gasteiger partial charge in [0.2, 0.25) is 10.0 Å². The molecular weight excluding hydrogens is 529 g/mol. The van der Waals surface area contributed by atoms with Crippen molar-refractivity contribution in [2.45, 2.75) is 26.1 Å². The van der Waals surface area contributed by atoms with E-state index in [4.69, 9.17) is 16.3 Å². The predicted molar refractivity (Wildman–Crippen MR) is 138 cm³/mol. The third kappa shape index (κ3) is 7.87. The highest BCUT2D eigenvalue weighted by Gasteiger charge is 2.34. The number of hydrogen-bond acceptors (Lipinski definition) is 4. The third-order valence-electron chi connectivity index (χ3n) is 5.47. The number of ether oxygens (including phenoxy) is 1. The van der Waals surface area contributed by atoms with Gasteiger partial charge in [-0.1, -0.05) is 42.8 Å². The van der Waals surface area contributed by atoms with Gasteiger partial charge in [0, 0.05) is 5.56 Å². The SMILES string of the molecule is CCc1ccc(OCCNC(=O)c2ccc(CN(c3ccc(Cl)c(C(F)(F)F)c3)S(C)(=O)=O)cc2)cc1. The molecule has 0 spiro atoms. The summed E-state index contributed by atoms with van der Waals surface area (Å²) in [5.41, 5.74) is 0.708. The van der Waals surface area contributed by atoms with Crippen LogP contribution in [0.25, 0.3) is 0 Å². The Kier molecular flexibility index (Phi) is 9.09. The number of nitrogens with one attached hydrogen (secondary N) is 1. The van der Waals surface area contributed by atoms with Gasteiger partial charge in [0.05, 0.1) is 35.6 Å². The minimum atomic E-state index is -4.74. The van der Waals surface area contributed by atoms with Crippen LogP contribution in [0.15, 0.2) is 66.7 Å². The van der Waals surface area contributed by atoms with Gasteiger partial charge in [0.25, 0.3) is 5.91 Å². The lowest BCUT2D eigenvalue weighted by Crippen LogP contribution is -2.30. The Balaban J connectivity index is 1.63. The molecule has 3 aromatic carbocycles. The van der Waals surface area contributed by atoms with E-state index in [2.05, 4.69) is 12.2 Å². The van der Waals surface area contributed by atoms with Gasteiger partial charge in [-0.2, -0.15) is 13.2 Å². The Morgan fingerprint density at radius 1 is 1.00 bits per heavy atom. The minimum Gasteiger partial charge on any atom is -0.492 e. The summed E-state index contributed by atoms with van der Waals surface area (Å²) in [5, 5.41) is 2.21. The summed E-state index contributed by atoms with van der Waals surface area (Å²) < 4.78 is 71.0. The molecule has 0 aromatic heterocycles. The molecule has 1 amide bonds. The number of halogens is 4. The standard InChI is InChI=1S/C26H26ClF3N2O4S/c1-3-18-6-11-22(12-7-18)36-15-14-31-25(33)20-8-4-19(5-9-20)17-32(37(2,34)35)21-10-13-24(27)23(16-21)26(28,29)30/h4-13,16H,3,14-15,17H2,1-2H3,(H,31,33). The number of sulfonamides is 1. The van der Waals surface area contributed by atoms with Gasteiger partial charge in [-0.3, -0.25) is 9.10 Å². The first kappa shape index (κ1) is 28.3. The largest absolute Gasteiger partial charge is 0.492 e. The van der Waals surface area contributed by atoms with E-state index >= 15 is 0 Å². The second kappa shape index (κ2) is 11.9. The molecule has 0 saturated carbocycles. The fourth-order valence-corrected chi connectivity index (χ4v) is 4.57. The Bertz CT molecular complexity index is 1330. The van der Waals surface area contributed by atoms with Gasteiger partial charge < -0.3 is 10.1 Å². The maximum absolute atomic E-state index is 13.3. The zero-order valence-corrected chi connectivity index (χ0v) is 21.8. The normalized spacial score (nSPS) is 11.7. The Hall–Kier alpha value is -3.24. The number of carbonyl (C=O) groups excluding carboxylic acids is 1. The number of aryl methyl sites for hydroxylation is 1. The van der Waals surface area contributed by atoms with Crippen LogP contribution in [0.2, 0.25) is 5.02 Å². The molecule has 0 aliphatic carbocycles. The lowest BCUT2D eigenvalue weighted by Gasteiger charge is -2.24. The molecule has 0 aliphatic rings. The van der Waals surface area contributed by atoms with Gasteiger partial charge in [-0.25, -0.2) is 8.42 Å². The van der Waals surface area contributed by atoms with Crippen LogP contribution in [0.4, 0.5) is 18.9 Å². The molecule has 37 heavy (non-hydrogen) atoms. The molecule has 0 unspecified atom stereocenters. The van der Waals surface area contributed by atoms with E-state index in [-0.39, 0.29) is 31.3 Å². The number of alkyl halides is 3. The summed E-state index contributed by atoms with van der Waals surface area (Å²) in [5.74, 6) is 0.359. The lowest BCUT2D eigenvalue weighted by molar-refractivity contribution is -0.137. The van der Waals surface area contributed by atoms with Gasteiger partial charge in [-0.05, 0) is 60.0 Å². The zero-order chi connectivity index (χ0) is 27.2. The number of amides is 1. The van der Waals surface area contributed by atoms with Crippen molar-refractivity contribution in [3.63, 3.8) is 0 Å². The lowest BCUT2D eigenvalue weighted by atomic mass is 10.1. The van der Waals surface area contributed by atoms with Crippen LogP contribution in [0, 0.1) is 0 Å². The average molecular weight is 555 g/mol. The van der Waals surface area contributed by atoms with Crippen LogP contribution < -0.4 is 14.4 Å². The molecule has 0 bridgehead atoms. The molecule has 0 fully saturated rings. The average Bonchev–Trinajstić information content (AvgIpc) is 2.85. The second-order valence-corrected chi connectivity index (χ2v) is 10.5. The molecule has 3 aromatic rings. The van der Waals surface area contributed by atoms with E-state index in [1.54, 1.807) is 12.1 Å². The topological polar surface area (TPSA) is 75.7 Å². The zero-order valence-electron chi connectivity index (χ0n) is 20.2. The molecular formula is C26H26ClF3N2O4S. The number of carbonyl (C=O) groups is 1. The molecule has 3 rings (SSSR count). The Morgan fingerprint density at radius 2 is 1.62 bits per heavy atom. The van der Waals surface area contributed by atoms with Crippen molar-refractivity contribution < 1.29 is 31.1 Å². The smallest absolute Gasteiger partial charge is 0.417 e. The molecule has 11 heteroatoms. The van der Waals surface area contributed by atoms with Crippen molar-refractivity contribution in [3.05, 3.63) is 94.0 Å². The van der Waals surface area contributed by atoms with Gasteiger partial charge in [-0.15, -0.1) is 0 Å². The highest BCUT2D eigenvalue weighted by Crippen LogP contribution is 2.37. The quantitative estimate of drug-likeness (QED) is 0.326. The van der Waals surface area contributed by atoms with Crippen molar-refractivity contribution in [2.24, 2.45) is 0 Å². The molecule has 0 aliphatic heterocycles. The molecule has 0 saturated heterocycles. The minimum absolute atomic E-state index is 0.176. The van der Waals surface area contributed by atoms with Gasteiger partial charge >= 0.3 is 6.18 Å². The first-order valence-electron chi connectivity index (χ1n) is 11.3. The monoisotopic (exact) mass is 554 g/mol. The molecule has 0 atom stereocenters. The summed E-state index contributed by atoms with van der Waals surface area (Å²) in [4.78, 5) is 12.4. The summed E-state index contributed by atoms with van der Waals surface area (Å²) in [7, 11) is -3.93. The number of hydrogen-bond donors (Lipinski definition) is 1. The number of rotatable bonds is 10. The fourth-order valence-electron chi connectivity index (χ4n) is 3.47. The van der Waals surface area contributed by atoms with Crippen LogP contribution >= 0.6 is 11.6 Å². The molecule has 0 radical (unpaired) electrons. The van der Waals surface area contributed by atoms with Crippen molar-refractivity contribution in [1.29, 1.82) is 0 Å². The van der Waals surface area contributed by atoms with E-state index in [9.17, 15) is 26.4 Å². The van der Waals surface area contributed by atoms with Gasteiger partial charge in [0.15, 0.2) is 0 Å². The molecule has 198 valence electrons. The van der Waals surface area contributed by atoms with E-state index in [0.717, 1.165) is 23.0 Å². The van der Waals surface area contributed by atoms with Crippen molar-refractivity contribution in [3.8, 4) is 5.75 Å². The Labute approximate surface area is 219 Å². The maximum Gasteiger partial charge on any atom is 0.417 e. The highest BCUT2D eigenvalue weighted by atomic mass is 35.5. The van der Waals surface area contributed by atoms with Crippen LogP contribution in [0.3, 0.4) is 0 Å². The summed E-state index contributed by atoms with van der Waals surface area (Å²) in [6.07, 6.45) is -2.91. The third-order valence-corrected chi connectivity index (χ3v) is 6.94. The van der Waals surface area contributed by atoms with Gasteiger partial charge in [0.1, 0.15) is 12.4 Å². The predicted octanol–water partition coefficient (Wildman–Crippen LogP) is 5.70. The van der Waals surface area contributed by atoms with E-state index < -0.39 is 26.8 Å². The van der Waals surface area contributed by atoms with Crippen molar-refractivity contribution in [2.75, 3.05) is 23.7 Å². The van der Waals surface area contributed by atoms with Crippen molar-refractivity contribution in [1.82, 2.24) is 5.32 Å². The van der Waals surface area contributed by atoms with Crippen LogP contribution in [-0.4, -0.2) is 33.7 Å². The van der Waals surface area contributed by atoms with Crippen LogP contribution in [0.5, 0.6) is 5.75 Å². The number of anilines is 1. The molecule has 1 N–H and O–H groups in total. The number of benzene rings is 3. The fraction of sp³-hybridized carbons (Fsp3) is 0.269. The summed E-state index contributed by atoms with van der Waals surface area (Å²) >= 11 is 5.66.